The summed E-state index contributed by atoms with van der Waals surface area (Å²) in [6, 6.07) is 3.14. The Bertz CT molecular complexity index is 741. The molecule has 1 aromatic heterocycles. The highest BCUT2D eigenvalue weighted by atomic mass is 35.5. The molecule has 0 radical (unpaired) electrons. The van der Waals surface area contributed by atoms with Gasteiger partial charge in [0.25, 0.3) is 0 Å². The third-order valence-corrected chi connectivity index (χ3v) is 6.74. The van der Waals surface area contributed by atoms with Crippen molar-refractivity contribution in [2.45, 2.75) is 49.1 Å². The fraction of sp³-hybridized carbons (Fsp3) is 0.500. The Morgan fingerprint density at radius 3 is 2.61 bits per heavy atom. The molecule has 2 aromatic rings. The van der Waals surface area contributed by atoms with E-state index in [0.29, 0.717) is 5.13 Å². The van der Waals surface area contributed by atoms with Gasteiger partial charge in [0, 0.05) is 36.8 Å². The molecule has 28 heavy (non-hydrogen) atoms. The van der Waals surface area contributed by atoms with Gasteiger partial charge in [0.2, 0.25) is 0 Å². The molecule has 1 saturated heterocycles. The standard InChI is InChI=1S/C9H6ClF2N3S2.C9H17NO/c10-5-3-8(6(11)4-7(5)14-12)17-15-9-13-1-2-16-9;11-9-6-10(7-9)8-4-2-1-3-5-8/h1-4,14H,(H,13,15);8-9,11H,1-7H2. The highest BCUT2D eigenvalue weighted by Gasteiger charge is 2.31. The number of halogens is 3. The number of hydrogen-bond donors (Lipinski definition) is 3. The van der Waals surface area contributed by atoms with Gasteiger partial charge in [-0.25, -0.2) is 14.9 Å². The summed E-state index contributed by atoms with van der Waals surface area (Å²) in [5, 5.41) is 11.7. The molecular formula is C18H23ClF2N4OS2. The molecular weight excluding hydrogens is 426 g/mol. The Balaban J connectivity index is 0.000000176. The summed E-state index contributed by atoms with van der Waals surface area (Å²) >= 11 is 8.15. The quantitative estimate of drug-likeness (QED) is 0.423. The zero-order chi connectivity index (χ0) is 19.9. The predicted molar refractivity (Wildman–Crippen MR) is 112 cm³/mol. The molecule has 2 aliphatic rings. The van der Waals surface area contributed by atoms with Crippen LogP contribution in [0.25, 0.3) is 0 Å². The van der Waals surface area contributed by atoms with Crippen LogP contribution in [-0.2, 0) is 0 Å². The highest BCUT2D eigenvalue weighted by Crippen LogP contribution is 2.32. The number of rotatable bonds is 5. The molecule has 154 valence electrons. The molecule has 3 N–H and O–H groups in total. The lowest BCUT2D eigenvalue weighted by Crippen LogP contribution is -2.55. The average Bonchev–Trinajstić information content (AvgIpc) is 3.20. The zero-order valence-electron chi connectivity index (χ0n) is 15.2. The Kier molecular flexibility index (Phi) is 8.16. The normalized spacial score (nSPS) is 18.1. The van der Waals surface area contributed by atoms with Gasteiger partial charge < -0.3 is 9.83 Å². The number of aromatic nitrogens is 1. The van der Waals surface area contributed by atoms with Crippen LogP contribution in [-0.4, -0.2) is 40.2 Å². The van der Waals surface area contributed by atoms with Crippen molar-refractivity contribution in [3.05, 3.63) is 34.5 Å². The summed E-state index contributed by atoms with van der Waals surface area (Å²) in [5.41, 5.74) is 1.23. The molecule has 0 unspecified atom stereocenters. The minimum atomic E-state index is -0.566. The third-order valence-electron chi connectivity index (χ3n) is 4.79. The summed E-state index contributed by atoms with van der Waals surface area (Å²) in [4.78, 5) is 6.68. The van der Waals surface area contributed by atoms with Crippen LogP contribution in [0.5, 0.6) is 0 Å². The van der Waals surface area contributed by atoms with E-state index < -0.39 is 5.82 Å². The fourth-order valence-electron chi connectivity index (χ4n) is 3.28. The smallest absolute Gasteiger partial charge is 0.192 e. The molecule has 0 spiro atoms. The van der Waals surface area contributed by atoms with Crippen LogP contribution in [0, 0.1) is 5.82 Å². The molecule has 1 saturated carbocycles. The first kappa shape index (κ1) is 21.6. The van der Waals surface area contributed by atoms with E-state index in [-0.39, 0.29) is 21.7 Å². The summed E-state index contributed by atoms with van der Waals surface area (Å²) in [6.45, 7) is 1.87. The molecule has 1 aromatic carbocycles. The van der Waals surface area contributed by atoms with Gasteiger partial charge in [0.1, 0.15) is 5.82 Å². The second-order valence-electron chi connectivity index (χ2n) is 6.80. The first-order chi connectivity index (χ1) is 13.6. The summed E-state index contributed by atoms with van der Waals surface area (Å²) < 4.78 is 28.5. The minimum Gasteiger partial charge on any atom is -0.390 e. The third kappa shape index (κ3) is 5.93. The van der Waals surface area contributed by atoms with Crippen LogP contribution in [0.2, 0.25) is 5.02 Å². The summed E-state index contributed by atoms with van der Waals surface area (Å²) in [5.74, 6) is -0.566. The van der Waals surface area contributed by atoms with E-state index in [9.17, 15) is 8.87 Å². The van der Waals surface area contributed by atoms with Crippen LogP contribution in [0.3, 0.4) is 0 Å². The number of likely N-dealkylation sites (tertiary alicyclic amines) is 1. The number of aliphatic hydroxyl groups is 1. The van der Waals surface area contributed by atoms with Crippen LogP contribution >= 0.6 is 34.9 Å². The van der Waals surface area contributed by atoms with Gasteiger partial charge in [-0.2, -0.15) is 0 Å². The number of anilines is 2. The topological polar surface area (TPSA) is 60.4 Å². The number of benzene rings is 1. The second-order valence-corrected chi connectivity index (χ2v) is 8.95. The maximum absolute atomic E-state index is 13.5. The van der Waals surface area contributed by atoms with Crippen LogP contribution in [0.1, 0.15) is 32.1 Å². The molecule has 2 fully saturated rings. The van der Waals surface area contributed by atoms with Crippen molar-refractivity contribution in [2.75, 3.05) is 23.4 Å². The summed E-state index contributed by atoms with van der Waals surface area (Å²) in [6.07, 6.45) is 8.57. The maximum Gasteiger partial charge on any atom is 0.192 e. The first-order valence-electron chi connectivity index (χ1n) is 9.17. The van der Waals surface area contributed by atoms with Gasteiger partial charge in [-0.3, -0.25) is 4.90 Å². The Morgan fingerprint density at radius 1 is 1.25 bits per heavy atom. The number of nitrogens with zero attached hydrogens (tertiary/aromatic N) is 2. The number of aliphatic hydroxyl groups excluding tert-OH is 1. The molecule has 0 atom stereocenters. The molecule has 5 nitrogen and oxygen atoms in total. The molecule has 0 amide bonds. The van der Waals surface area contributed by atoms with Crippen LogP contribution < -0.4 is 10.3 Å². The van der Waals surface area contributed by atoms with Crippen LogP contribution in [0.4, 0.5) is 19.7 Å². The van der Waals surface area contributed by atoms with E-state index >= 15 is 0 Å². The van der Waals surface area contributed by atoms with E-state index in [0.717, 1.165) is 37.1 Å². The predicted octanol–water partition coefficient (Wildman–Crippen LogP) is 5.35. The summed E-state index contributed by atoms with van der Waals surface area (Å²) in [7, 11) is 0. The molecule has 4 rings (SSSR count). The van der Waals surface area contributed by atoms with Gasteiger partial charge >= 0.3 is 0 Å². The number of nitrogens with one attached hydrogen (secondary N) is 2. The van der Waals surface area contributed by atoms with E-state index in [1.54, 1.807) is 11.6 Å². The van der Waals surface area contributed by atoms with Crippen molar-refractivity contribution in [3.8, 4) is 0 Å². The van der Waals surface area contributed by atoms with Crippen molar-refractivity contribution in [1.82, 2.24) is 9.88 Å². The van der Waals surface area contributed by atoms with E-state index in [1.807, 2.05) is 0 Å². The van der Waals surface area contributed by atoms with Crippen molar-refractivity contribution < 1.29 is 14.0 Å². The average molecular weight is 449 g/mol. The van der Waals surface area contributed by atoms with Gasteiger partial charge in [-0.1, -0.05) is 30.9 Å². The highest BCUT2D eigenvalue weighted by molar-refractivity contribution is 8.00. The van der Waals surface area contributed by atoms with Crippen LogP contribution in [0.15, 0.2) is 28.6 Å². The van der Waals surface area contributed by atoms with Gasteiger partial charge in [0.15, 0.2) is 5.13 Å². The molecule has 2 heterocycles. The number of hydrogen-bond acceptors (Lipinski definition) is 7. The monoisotopic (exact) mass is 448 g/mol. The van der Waals surface area contributed by atoms with Gasteiger partial charge in [-0.05, 0) is 30.9 Å². The lowest BCUT2D eigenvalue weighted by molar-refractivity contribution is -0.0331. The second kappa shape index (κ2) is 10.6. The molecule has 10 heteroatoms. The Morgan fingerprint density at radius 2 is 2.00 bits per heavy atom. The number of thiazole rings is 1. The van der Waals surface area contributed by atoms with Gasteiger partial charge in [0.05, 0.1) is 21.7 Å². The van der Waals surface area contributed by atoms with Crippen molar-refractivity contribution in [3.63, 3.8) is 0 Å². The Labute approximate surface area is 176 Å². The SMILES string of the molecule is FNc1cc(F)c(SNc2nccs2)cc1Cl.OC1CN(C2CCCCC2)C1. The lowest BCUT2D eigenvalue weighted by Gasteiger charge is -2.43. The van der Waals surface area contributed by atoms with Crippen molar-refractivity contribution in [2.24, 2.45) is 0 Å². The van der Waals surface area contributed by atoms with Gasteiger partial charge in [-0.15, -0.1) is 15.8 Å². The zero-order valence-corrected chi connectivity index (χ0v) is 17.6. The number of β-amino-alcohol motifs (C(OH)–C–C–N with tert-alkyl or cyclic N) is 1. The lowest BCUT2D eigenvalue weighted by atomic mass is 9.92. The first-order valence-corrected chi connectivity index (χ1v) is 11.2. The van der Waals surface area contributed by atoms with Crippen molar-refractivity contribution >= 4 is 45.7 Å². The fourth-order valence-corrected chi connectivity index (χ4v) is 4.82. The molecule has 1 aliphatic heterocycles. The Hall–Kier alpha value is -1.13. The molecule has 1 aliphatic carbocycles. The van der Waals surface area contributed by atoms with E-state index in [1.165, 1.54) is 55.0 Å². The maximum atomic E-state index is 13.5. The minimum absolute atomic E-state index is 0.0167. The largest absolute Gasteiger partial charge is 0.390 e. The van der Waals surface area contributed by atoms with Crippen molar-refractivity contribution in [1.29, 1.82) is 0 Å². The van der Waals surface area contributed by atoms with E-state index in [4.69, 9.17) is 16.7 Å². The van der Waals surface area contributed by atoms with E-state index in [2.05, 4.69) is 14.6 Å². The molecule has 0 bridgehead atoms.